The van der Waals surface area contributed by atoms with E-state index >= 15 is 0 Å². The summed E-state index contributed by atoms with van der Waals surface area (Å²) >= 11 is 0. The van der Waals surface area contributed by atoms with Crippen LogP contribution in [0, 0.1) is 11.8 Å². The molecule has 1 aliphatic rings. The van der Waals surface area contributed by atoms with Gasteiger partial charge in [-0.3, -0.25) is 4.79 Å². The zero-order valence-electron chi connectivity index (χ0n) is 21.3. The zero-order valence-corrected chi connectivity index (χ0v) is 21.3. The van der Waals surface area contributed by atoms with Gasteiger partial charge < -0.3 is 21.1 Å². The van der Waals surface area contributed by atoms with Crippen molar-refractivity contribution in [3.63, 3.8) is 0 Å². The lowest BCUT2D eigenvalue weighted by atomic mass is 9.81. The predicted octanol–water partition coefficient (Wildman–Crippen LogP) is 5.80. The Kier molecular flexibility index (Phi) is 7.48. The van der Waals surface area contributed by atoms with Gasteiger partial charge in [0.05, 0.1) is 16.8 Å². The van der Waals surface area contributed by atoms with Gasteiger partial charge in [-0.2, -0.15) is 0 Å². The Balaban J connectivity index is 1.41. The third-order valence-corrected chi connectivity index (χ3v) is 7.17. The van der Waals surface area contributed by atoms with Crippen molar-refractivity contribution in [2.45, 2.75) is 52.0 Å². The summed E-state index contributed by atoms with van der Waals surface area (Å²) in [7, 11) is 0. The molecule has 1 aliphatic carbocycles. The van der Waals surface area contributed by atoms with Gasteiger partial charge in [-0.1, -0.05) is 30.3 Å². The van der Waals surface area contributed by atoms with Crippen LogP contribution in [0.5, 0.6) is 0 Å². The van der Waals surface area contributed by atoms with E-state index in [4.69, 9.17) is 10.7 Å². The Bertz CT molecular complexity index is 1230. The molecule has 1 heterocycles. The first-order valence-electron chi connectivity index (χ1n) is 12.7. The van der Waals surface area contributed by atoms with Crippen molar-refractivity contribution >= 4 is 28.6 Å². The van der Waals surface area contributed by atoms with Crippen LogP contribution in [0.1, 0.15) is 56.8 Å². The molecule has 2 amide bonds. The third-order valence-electron chi connectivity index (χ3n) is 7.17. The number of hydrogen-bond donors (Lipinski definition) is 3. The second-order valence-corrected chi connectivity index (χ2v) is 10.9. The maximum atomic E-state index is 13.3. The van der Waals surface area contributed by atoms with Gasteiger partial charge in [0.1, 0.15) is 0 Å². The van der Waals surface area contributed by atoms with E-state index in [1.54, 1.807) is 4.90 Å². The fourth-order valence-electron chi connectivity index (χ4n) is 5.01. The van der Waals surface area contributed by atoms with E-state index in [2.05, 4.69) is 5.32 Å². The van der Waals surface area contributed by atoms with Crippen LogP contribution < -0.4 is 11.1 Å². The van der Waals surface area contributed by atoms with E-state index in [1.165, 1.54) is 0 Å². The van der Waals surface area contributed by atoms with Crippen LogP contribution in [0.25, 0.3) is 22.2 Å². The van der Waals surface area contributed by atoms with Crippen molar-refractivity contribution < 1.29 is 14.7 Å². The van der Waals surface area contributed by atoms with E-state index in [0.717, 1.165) is 47.8 Å². The lowest BCUT2D eigenvalue weighted by Crippen LogP contribution is -2.47. The van der Waals surface area contributed by atoms with Gasteiger partial charge in [0, 0.05) is 35.3 Å². The predicted molar refractivity (Wildman–Crippen MR) is 144 cm³/mol. The number of hydrogen-bond acceptors (Lipinski definition) is 4. The van der Waals surface area contributed by atoms with E-state index in [-0.39, 0.29) is 5.91 Å². The zero-order chi connectivity index (χ0) is 25.9. The summed E-state index contributed by atoms with van der Waals surface area (Å²) < 4.78 is 0. The molecule has 0 spiro atoms. The number of aromatic nitrogens is 1. The molecule has 3 aromatic rings. The molecular weight excluding hydrogens is 452 g/mol. The maximum Gasteiger partial charge on any atom is 0.407 e. The molecule has 0 aliphatic heterocycles. The van der Waals surface area contributed by atoms with Crippen LogP contribution in [-0.2, 0) is 0 Å². The van der Waals surface area contributed by atoms with Gasteiger partial charge in [-0.15, -0.1) is 0 Å². The molecule has 2 aromatic carbocycles. The first kappa shape index (κ1) is 25.5. The SMILES string of the molecule is CC(C)(C)N(C[C@H]1CC[C@H](CNC(=O)c2cc(-c3ccc(N)cc3)nc3ccccc23)CC1)C(=O)O. The number of amides is 2. The number of nitrogens with one attached hydrogen (secondary N) is 1. The van der Waals surface area contributed by atoms with Gasteiger partial charge in [0.25, 0.3) is 5.91 Å². The van der Waals surface area contributed by atoms with Crippen molar-refractivity contribution in [3.05, 3.63) is 60.2 Å². The van der Waals surface area contributed by atoms with Crippen molar-refractivity contribution in [1.82, 2.24) is 15.2 Å². The Morgan fingerprint density at radius 2 is 1.67 bits per heavy atom. The summed E-state index contributed by atoms with van der Waals surface area (Å²) in [6, 6.07) is 17.0. The van der Waals surface area contributed by atoms with Crippen LogP contribution in [0.4, 0.5) is 10.5 Å². The fourth-order valence-corrected chi connectivity index (χ4v) is 5.01. The smallest absolute Gasteiger partial charge is 0.407 e. The summed E-state index contributed by atoms with van der Waals surface area (Å²) in [4.78, 5) is 31.3. The largest absolute Gasteiger partial charge is 0.465 e. The standard InChI is InChI=1S/C29H36N4O3/c1-29(2,3)33(28(35)36)18-20-10-8-19(9-11-20)17-31-27(34)24-16-26(21-12-14-22(30)15-13-21)32-25-7-5-4-6-23(24)25/h4-7,12-16,19-20H,8-11,17-18,30H2,1-3H3,(H,31,34)(H,35,36)/t19-,20-. The molecular formula is C29H36N4O3. The summed E-state index contributed by atoms with van der Waals surface area (Å²) in [5.74, 6) is 0.652. The minimum atomic E-state index is -0.861. The number of nitrogen functional groups attached to an aromatic ring is 1. The van der Waals surface area contributed by atoms with Crippen LogP contribution in [0.3, 0.4) is 0 Å². The molecule has 0 radical (unpaired) electrons. The van der Waals surface area contributed by atoms with E-state index in [9.17, 15) is 14.7 Å². The first-order valence-corrected chi connectivity index (χ1v) is 12.7. The highest BCUT2D eigenvalue weighted by atomic mass is 16.4. The molecule has 4 N–H and O–H groups in total. The summed E-state index contributed by atoms with van der Waals surface area (Å²) in [6.45, 7) is 6.98. The van der Waals surface area contributed by atoms with Crippen LogP contribution in [0.2, 0.25) is 0 Å². The number of carbonyl (C=O) groups is 2. The number of fused-ring (bicyclic) bond motifs is 1. The summed E-state index contributed by atoms with van der Waals surface area (Å²) in [5.41, 5.74) is 9.15. The van der Waals surface area contributed by atoms with E-state index in [0.29, 0.717) is 36.2 Å². The van der Waals surface area contributed by atoms with Crippen molar-refractivity contribution in [2.75, 3.05) is 18.8 Å². The second kappa shape index (κ2) is 10.6. The number of para-hydroxylation sites is 1. The van der Waals surface area contributed by atoms with Crippen LogP contribution >= 0.6 is 0 Å². The number of carbonyl (C=O) groups excluding carboxylic acids is 1. The van der Waals surface area contributed by atoms with Crippen LogP contribution in [-0.4, -0.2) is 45.6 Å². The number of nitrogens with zero attached hydrogens (tertiary/aromatic N) is 2. The van der Waals surface area contributed by atoms with Gasteiger partial charge >= 0.3 is 6.09 Å². The number of nitrogens with two attached hydrogens (primary N) is 1. The molecule has 7 heteroatoms. The monoisotopic (exact) mass is 488 g/mol. The molecule has 0 unspecified atom stereocenters. The topological polar surface area (TPSA) is 109 Å². The number of carboxylic acid groups (broad SMARTS) is 1. The molecule has 1 saturated carbocycles. The molecule has 4 rings (SSSR count). The Morgan fingerprint density at radius 3 is 2.31 bits per heavy atom. The second-order valence-electron chi connectivity index (χ2n) is 10.9. The molecule has 0 atom stereocenters. The fraction of sp³-hybridized carbons (Fsp3) is 0.414. The quantitative estimate of drug-likeness (QED) is 0.380. The molecule has 36 heavy (non-hydrogen) atoms. The third kappa shape index (κ3) is 5.96. The van der Waals surface area contributed by atoms with E-state index < -0.39 is 11.6 Å². The first-order chi connectivity index (χ1) is 17.1. The number of anilines is 1. The Hall–Kier alpha value is -3.61. The molecule has 0 saturated heterocycles. The summed E-state index contributed by atoms with van der Waals surface area (Å²) in [6.07, 6.45) is 3.05. The lowest BCUT2D eigenvalue weighted by Gasteiger charge is -2.38. The number of rotatable bonds is 6. The molecule has 1 fully saturated rings. The highest BCUT2D eigenvalue weighted by molar-refractivity contribution is 6.07. The molecule has 7 nitrogen and oxygen atoms in total. The van der Waals surface area contributed by atoms with Crippen molar-refractivity contribution in [2.24, 2.45) is 11.8 Å². The molecule has 0 bridgehead atoms. The van der Waals surface area contributed by atoms with Crippen molar-refractivity contribution in [1.29, 1.82) is 0 Å². The van der Waals surface area contributed by atoms with Crippen LogP contribution in [0.15, 0.2) is 54.6 Å². The van der Waals surface area contributed by atoms with Gasteiger partial charge in [-0.05, 0) is 82.6 Å². The van der Waals surface area contributed by atoms with Gasteiger partial charge in [0.15, 0.2) is 0 Å². The molecule has 190 valence electrons. The minimum absolute atomic E-state index is 0.0998. The Morgan fingerprint density at radius 1 is 1.03 bits per heavy atom. The average molecular weight is 489 g/mol. The average Bonchev–Trinajstić information content (AvgIpc) is 2.85. The highest BCUT2D eigenvalue weighted by Gasteiger charge is 2.31. The van der Waals surface area contributed by atoms with Gasteiger partial charge in [0.2, 0.25) is 0 Å². The molecule has 1 aromatic heterocycles. The lowest BCUT2D eigenvalue weighted by molar-refractivity contribution is 0.0786. The maximum absolute atomic E-state index is 13.3. The van der Waals surface area contributed by atoms with Crippen molar-refractivity contribution in [3.8, 4) is 11.3 Å². The Labute approximate surface area is 212 Å². The normalized spacial score (nSPS) is 18.1. The highest BCUT2D eigenvalue weighted by Crippen LogP contribution is 2.31. The van der Waals surface area contributed by atoms with Gasteiger partial charge in [-0.25, -0.2) is 9.78 Å². The van der Waals surface area contributed by atoms with E-state index in [1.807, 2.05) is 75.4 Å². The number of benzene rings is 2. The minimum Gasteiger partial charge on any atom is -0.465 e. The number of pyridine rings is 1. The summed E-state index contributed by atoms with van der Waals surface area (Å²) in [5, 5.41) is 13.6.